The van der Waals surface area contributed by atoms with Crippen LogP contribution >= 0.6 is 0 Å². The van der Waals surface area contributed by atoms with Crippen LogP contribution in [-0.4, -0.2) is 35.7 Å². The molecule has 0 spiro atoms. The standard InChI is InChI=1S/C13H17NO3/c1-10-2-3-11(12(15)8-10)9-14-5-7-17-6-4-13(14)16/h2-3,8,15H,4-7,9H2,1H3. The zero-order valence-corrected chi connectivity index (χ0v) is 9.98. The van der Waals surface area contributed by atoms with Crippen molar-refractivity contribution in [2.24, 2.45) is 0 Å². The molecular formula is C13H17NO3. The second-order valence-corrected chi connectivity index (χ2v) is 4.31. The first-order valence-corrected chi connectivity index (χ1v) is 5.81. The van der Waals surface area contributed by atoms with Crippen molar-refractivity contribution >= 4 is 5.91 Å². The van der Waals surface area contributed by atoms with Crippen LogP contribution in [-0.2, 0) is 16.1 Å². The van der Waals surface area contributed by atoms with Crippen molar-refractivity contribution in [1.82, 2.24) is 4.90 Å². The van der Waals surface area contributed by atoms with Crippen LogP contribution in [0.3, 0.4) is 0 Å². The molecule has 0 bridgehead atoms. The highest BCUT2D eigenvalue weighted by molar-refractivity contribution is 5.76. The summed E-state index contributed by atoms with van der Waals surface area (Å²) >= 11 is 0. The zero-order chi connectivity index (χ0) is 12.3. The van der Waals surface area contributed by atoms with E-state index in [-0.39, 0.29) is 11.7 Å². The predicted octanol–water partition coefficient (Wildman–Crippen LogP) is 1.45. The van der Waals surface area contributed by atoms with Crippen molar-refractivity contribution in [3.63, 3.8) is 0 Å². The van der Waals surface area contributed by atoms with Gasteiger partial charge in [-0.2, -0.15) is 0 Å². The number of hydrogen-bond acceptors (Lipinski definition) is 3. The summed E-state index contributed by atoms with van der Waals surface area (Å²) in [6, 6.07) is 5.52. The first kappa shape index (κ1) is 11.9. The Morgan fingerprint density at radius 1 is 1.41 bits per heavy atom. The largest absolute Gasteiger partial charge is 0.508 e. The van der Waals surface area contributed by atoms with Crippen molar-refractivity contribution < 1.29 is 14.6 Å². The average Bonchev–Trinajstić information content (AvgIpc) is 2.48. The molecule has 17 heavy (non-hydrogen) atoms. The van der Waals surface area contributed by atoms with Crippen LogP contribution in [0.15, 0.2) is 18.2 Å². The summed E-state index contributed by atoms with van der Waals surface area (Å²) in [5, 5.41) is 9.81. The lowest BCUT2D eigenvalue weighted by molar-refractivity contribution is -0.131. The molecule has 0 unspecified atom stereocenters. The summed E-state index contributed by atoms with van der Waals surface area (Å²) in [7, 11) is 0. The highest BCUT2D eigenvalue weighted by atomic mass is 16.5. The Balaban J connectivity index is 2.10. The lowest BCUT2D eigenvalue weighted by Gasteiger charge is -2.20. The van der Waals surface area contributed by atoms with Gasteiger partial charge in [0, 0.05) is 18.7 Å². The van der Waals surface area contributed by atoms with Gasteiger partial charge in [-0.05, 0) is 18.6 Å². The van der Waals surface area contributed by atoms with Gasteiger partial charge < -0.3 is 14.7 Å². The molecule has 1 aromatic rings. The van der Waals surface area contributed by atoms with Crippen molar-refractivity contribution in [2.45, 2.75) is 19.9 Å². The SMILES string of the molecule is Cc1ccc(CN2CCOCCC2=O)c(O)c1. The number of phenols is 1. The van der Waals surface area contributed by atoms with Gasteiger partial charge in [0.1, 0.15) is 5.75 Å². The fourth-order valence-electron chi connectivity index (χ4n) is 1.90. The van der Waals surface area contributed by atoms with Crippen molar-refractivity contribution in [2.75, 3.05) is 19.8 Å². The smallest absolute Gasteiger partial charge is 0.225 e. The average molecular weight is 235 g/mol. The van der Waals surface area contributed by atoms with Gasteiger partial charge in [-0.25, -0.2) is 0 Å². The molecule has 2 rings (SSSR count). The molecule has 0 atom stereocenters. The zero-order valence-electron chi connectivity index (χ0n) is 9.98. The van der Waals surface area contributed by atoms with E-state index < -0.39 is 0 Å². The Morgan fingerprint density at radius 3 is 3.00 bits per heavy atom. The maximum atomic E-state index is 11.8. The number of rotatable bonds is 2. The van der Waals surface area contributed by atoms with Crippen LogP contribution in [0.5, 0.6) is 5.75 Å². The number of nitrogens with zero attached hydrogens (tertiary/aromatic N) is 1. The third-order valence-corrected chi connectivity index (χ3v) is 2.92. The lowest BCUT2D eigenvalue weighted by atomic mass is 10.1. The van der Waals surface area contributed by atoms with E-state index in [1.807, 2.05) is 19.1 Å². The lowest BCUT2D eigenvalue weighted by Crippen LogP contribution is -2.31. The van der Waals surface area contributed by atoms with E-state index in [0.29, 0.717) is 32.7 Å². The molecule has 1 N–H and O–H groups in total. The third kappa shape index (κ3) is 2.97. The van der Waals surface area contributed by atoms with E-state index in [2.05, 4.69) is 0 Å². The number of carbonyl (C=O) groups excluding carboxylic acids is 1. The predicted molar refractivity (Wildman–Crippen MR) is 63.7 cm³/mol. The van der Waals surface area contributed by atoms with Gasteiger partial charge in [0.05, 0.1) is 19.6 Å². The Hall–Kier alpha value is -1.55. The van der Waals surface area contributed by atoms with Gasteiger partial charge in [-0.15, -0.1) is 0 Å². The molecule has 1 aromatic carbocycles. The van der Waals surface area contributed by atoms with Gasteiger partial charge in [0.2, 0.25) is 5.91 Å². The summed E-state index contributed by atoms with van der Waals surface area (Å²) in [6.07, 6.45) is 0.423. The first-order chi connectivity index (χ1) is 8.16. The number of amides is 1. The Bertz CT molecular complexity index is 417. The topological polar surface area (TPSA) is 49.8 Å². The van der Waals surface area contributed by atoms with Crippen LogP contribution < -0.4 is 0 Å². The molecule has 1 aliphatic heterocycles. The normalized spacial score (nSPS) is 17.0. The highest BCUT2D eigenvalue weighted by Gasteiger charge is 2.18. The van der Waals surface area contributed by atoms with Gasteiger partial charge in [-0.1, -0.05) is 12.1 Å². The van der Waals surface area contributed by atoms with E-state index in [0.717, 1.165) is 11.1 Å². The maximum absolute atomic E-state index is 11.8. The number of phenolic OH excluding ortho intramolecular Hbond substituents is 1. The second kappa shape index (κ2) is 5.19. The number of carbonyl (C=O) groups is 1. The van der Waals surface area contributed by atoms with Crippen LogP contribution in [0.25, 0.3) is 0 Å². The molecule has 1 heterocycles. The van der Waals surface area contributed by atoms with Crippen LogP contribution in [0.1, 0.15) is 17.5 Å². The number of ether oxygens (including phenoxy) is 1. The second-order valence-electron chi connectivity index (χ2n) is 4.31. The minimum absolute atomic E-state index is 0.0856. The molecule has 4 heteroatoms. The molecule has 1 aliphatic rings. The molecule has 1 amide bonds. The summed E-state index contributed by atoms with van der Waals surface area (Å²) in [5.41, 5.74) is 1.79. The number of aryl methyl sites for hydroxylation is 1. The summed E-state index contributed by atoms with van der Waals surface area (Å²) in [5.74, 6) is 0.338. The molecule has 0 saturated carbocycles. The molecule has 0 aromatic heterocycles. The van der Waals surface area contributed by atoms with Crippen LogP contribution in [0.4, 0.5) is 0 Å². The molecule has 4 nitrogen and oxygen atoms in total. The Kier molecular flexibility index (Phi) is 3.64. The molecule has 1 fully saturated rings. The fourth-order valence-corrected chi connectivity index (χ4v) is 1.90. The summed E-state index contributed by atoms with van der Waals surface area (Å²) in [4.78, 5) is 13.5. The van der Waals surface area contributed by atoms with E-state index in [4.69, 9.17) is 4.74 Å². The third-order valence-electron chi connectivity index (χ3n) is 2.92. The molecule has 0 radical (unpaired) electrons. The number of benzene rings is 1. The van der Waals surface area contributed by atoms with Crippen LogP contribution in [0.2, 0.25) is 0 Å². The highest BCUT2D eigenvalue weighted by Crippen LogP contribution is 2.20. The Labute approximate surface area is 101 Å². The van der Waals surface area contributed by atoms with E-state index in [9.17, 15) is 9.90 Å². The number of aromatic hydroxyl groups is 1. The minimum Gasteiger partial charge on any atom is -0.508 e. The first-order valence-electron chi connectivity index (χ1n) is 5.81. The number of hydrogen-bond donors (Lipinski definition) is 1. The quantitative estimate of drug-likeness (QED) is 0.844. The van der Waals surface area contributed by atoms with Crippen molar-refractivity contribution in [1.29, 1.82) is 0 Å². The molecular weight excluding hydrogens is 218 g/mol. The van der Waals surface area contributed by atoms with E-state index in [1.54, 1.807) is 11.0 Å². The minimum atomic E-state index is 0.0856. The van der Waals surface area contributed by atoms with Gasteiger partial charge >= 0.3 is 0 Å². The molecule has 92 valence electrons. The van der Waals surface area contributed by atoms with E-state index >= 15 is 0 Å². The van der Waals surface area contributed by atoms with Crippen molar-refractivity contribution in [3.05, 3.63) is 29.3 Å². The van der Waals surface area contributed by atoms with E-state index in [1.165, 1.54) is 0 Å². The van der Waals surface area contributed by atoms with Gasteiger partial charge in [0.15, 0.2) is 0 Å². The maximum Gasteiger partial charge on any atom is 0.225 e. The molecule has 0 aliphatic carbocycles. The monoisotopic (exact) mass is 235 g/mol. The van der Waals surface area contributed by atoms with Crippen LogP contribution in [0, 0.1) is 6.92 Å². The van der Waals surface area contributed by atoms with Gasteiger partial charge in [-0.3, -0.25) is 4.79 Å². The van der Waals surface area contributed by atoms with Gasteiger partial charge in [0.25, 0.3) is 0 Å². The fraction of sp³-hybridized carbons (Fsp3) is 0.462. The Morgan fingerprint density at radius 2 is 2.24 bits per heavy atom. The molecule has 1 saturated heterocycles. The summed E-state index contributed by atoms with van der Waals surface area (Å²) in [6.45, 7) is 4.03. The van der Waals surface area contributed by atoms with Crippen molar-refractivity contribution in [3.8, 4) is 5.75 Å². The summed E-state index contributed by atoms with van der Waals surface area (Å²) < 4.78 is 5.26.